The maximum atomic E-state index is 11.0. The fourth-order valence-electron chi connectivity index (χ4n) is 1.58. The summed E-state index contributed by atoms with van der Waals surface area (Å²) in [5.41, 5.74) is 0. The van der Waals surface area contributed by atoms with Gasteiger partial charge < -0.3 is 9.47 Å². The summed E-state index contributed by atoms with van der Waals surface area (Å²) in [6.45, 7) is 2.83. The summed E-state index contributed by atoms with van der Waals surface area (Å²) in [6, 6.07) is 0. The van der Waals surface area contributed by atoms with E-state index in [1.807, 2.05) is 0 Å². The molecule has 3 nitrogen and oxygen atoms in total. The van der Waals surface area contributed by atoms with E-state index in [-0.39, 0.29) is 5.97 Å². The molecule has 0 aromatic carbocycles. The van der Waals surface area contributed by atoms with E-state index in [2.05, 4.69) is 6.92 Å². The Hall–Kier alpha value is -0.990. The third-order valence-electron chi connectivity index (χ3n) is 2.33. The molecule has 1 atom stereocenters. The third-order valence-corrected chi connectivity index (χ3v) is 2.33. The monoisotopic (exact) mass is 168 g/mol. The van der Waals surface area contributed by atoms with Crippen molar-refractivity contribution in [2.75, 3.05) is 6.61 Å². The van der Waals surface area contributed by atoms with E-state index in [1.54, 1.807) is 0 Å². The minimum absolute atomic E-state index is 0.119. The zero-order valence-corrected chi connectivity index (χ0v) is 7.13. The molecule has 1 unspecified atom stereocenters. The van der Waals surface area contributed by atoms with Crippen LogP contribution in [0.3, 0.4) is 0 Å². The number of ether oxygens (including phenoxy) is 2. The number of rotatable bonds is 0. The first-order valence-corrected chi connectivity index (χ1v) is 4.34. The molecule has 2 rings (SSSR count). The van der Waals surface area contributed by atoms with Crippen LogP contribution in [0.2, 0.25) is 0 Å². The van der Waals surface area contributed by atoms with Gasteiger partial charge in [0.25, 0.3) is 0 Å². The molecule has 0 fully saturated rings. The highest BCUT2D eigenvalue weighted by Crippen LogP contribution is 2.32. The Balaban J connectivity index is 2.24. The molecule has 3 heteroatoms. The maximum Gasteiger partial charge on any atom is 0.311 e. The second kappa shape index (κ2) is 2.81. The lowest BCUT2D eigenvalue weighted by atomic mass is 10.00. The van der Waals surface area contributed by atoms with Crippen LogP contribution < -0.4 is 0 Å². The highest BCUT2D eigenvalue weighted by molar-refractivity contribution is 5.72. The predicted octanol–water partition coefficient (Wildman–Crippen LogP) is 1.59. The van der Waals surface area contributed by atoms with Crippen LogP contribution in [0, 0.1) is 5.92 Å². The Bertz CT molecular complexity index is 242. The number of carbonyl (C=O) groups is 1. The fraction of sp³-hybridized carbons (Fsp3) is 0.667. The molecule has 0 saturated heterocycles. The second-order valence-electron chi connectivity index (χ2n) is 3.30. The Labute approximate surface area is 71.3 Å². The first kappa shape index (κ1) is 7.65. The quantitative estimate of drug-likeness (QED) is 0.515. The van der Waals surface area contributed by atoms with E-state index in [4.69, 9.17) is 9.47 Å². The summed E-state index contributed by atoms with van der Waals surface area (Å²) < 4.78 is 10.5. The van der Waals surface area contributed by atoms with Crippen molar-refractivity contribution in [3.63, 3.8) is 0 Å². The number of carbonyl (C=O) groups excluding carboxylic acids is 1. The Morgan fingerprint density at radius 3 is 3.08 bits per heavy atom. The molecule has 2 aliphatic rings. The minimum Gasteiger partial charge on any atom is -0.494 e. The van der Waals surface area contributed by atoms with Crippen molar-refractivity contribution < 1.29 is 14.3 Å². The third kappa shape index (κ3) is 1.19. The van der Waals surface area contributed by atoms with Crippen molar-refractivity contribution in [2.24, 2.45) is 5.92 Å². The summed E-state index contributed by atoms with van der Waals surface area (Å²) in [6.07, 6.45) is 2.14. The van der Waals surface area contributed by atoms with Crippen LogP contribution in [0.1, 0.15) is 26.2 Å². The summed E-state index contributed by atoms with van der Waals surface area (Å²) in [4.78, 5) is 11.0. The molecule has 0 aliphatic carbocycles. The smallest absolute Gasteiger partial charge is 0.311 e. The van der Waals surface area contributed by atoms with Crippen molar-refractivity contribution in [2.45, 2.75) is 26.2 Å². The van der Waals surface area contributed by atoms with E-state index < -0.39 is 0 Å². The molecular formula is C9H12O3. The zero-order valence-electron chi connectivity index (χ0n) is 7.13. The van der Waals surface area contributed by atoms with Gasteiger partial charge >= 0.3 is 5.97 Å². The van der Waals surface area contributed by atoms with Crippen LogP contribution >= 0.6 is 0 Å². The van der Waals surface area contributed by atoms with E-state index >= 15 is 0 Å². The van der Waals surface area contributed by atoms with E-state index in [9.17, 15) is 4.79 Å². The van der Waals surface area contributed by atoms with E-state index in [1.165, 1.54) is 0 Å². The summed E-state index contributed by atoms with van der Waals surface area (Å²) in [7, 11) is 0. The van der Waals surface area contributed by atoms with Crippen molar-refractivity contribution in [3.8, 4) is 0 Å². The lowest BCUT2D eigenvalue weighted by molar-refractivity contribution is -0.143. The predicted molar refractivity (Wildman–Crippen MR) is 42.1 cm³/mol. The molecule has 0 bridgehead atoms. The normalized spacial score (nSPS) is 29.1. The SMILES string of the molecule is CC1CCOC2=C1OC(=O)CC2. The van der Waals surface area contributed by atoms with Gasteiger partial charge in [0.15, 0.2) is 0 Å². The lowest BCUT2D eigenvalue weighted by Gasteiger charge is -2.28. The van der Waals surface area contributed by atoms with Gasteiger partial charge in [0.05, 0.1) is 13.0 Å². The summed E-state index contributed by atoms with van der Waals surface area (Å²) >= 11 is 0. The average molecular weight is 168 g/mol. The molecule has 12 heavy (non-hydrogen) atoms. The largest absolute Gasteiger partial charge is 0.494 e. The van der Waals surface area contributed by atoms with E-state index in [0.717, 1.165) is 31.0 Å². The summed E-state index contributed by atoms with van der Waals surface area (Å²) in [5.74, 6) is 1.90. The van der Waals surface area contributed by atoms with Crippen LogP contribution in [0.4, 0.5) is 0 Å². The van der Waals surface area contributed by atoms with Crippen molar-refractivity contribution in [3.05, 3.63) is 11.5 Å². The molecule has 0 amide bonds. The Morgan fingerprint density at radius 1 is 1.42 bits per heavy atom. The molecule has 0 saturated carbocycles. The molecule has 0 aromatic rings. The van der Waals surface area contributed by atoms with Gasteiger partial charge in [0.1, 0.15) is 11.5 Å². The van der Waals surface area contributed by atoms with Gasteiger partial charge in [0, 0.05) is 12.3 Å². The van der Waals surface area contributed by atoms with Crippen molar-refractivity contribution >= 4 is 5.97 Å². The number of allylic oxidation sites excluding steroid dienone is 2. The summed E-state index contributed by atoms with van der Waals surface area (Å²) in [5, 5.41) is 0. The molecular weight excluding hydrogens is 156 g/mol. The second-order valence-corrected chi connectivity index (χ2v) is 3.30. The van der Waals surface area contributed by atoms with Crippen LogP contribution in [-0.2, 0) is 14.3 Å². The van der Waals surface area contributed by atoms with E-state index in [0.29, 0.717) is 12.3 Å². The van der Waals surface area contributed by atoms with Crippen LogP contribution in [0.15, 0.2) is 11.5 Å². The first-order chi connectivity index (χ1) is 5.77. The topological polar surface area (TPSA) is 35.5 Å². The zero-order chi connectivity index (χ0) is 8.55. The maximum absolute atomic E-state index is 11.0. The highest BCUT2D eigenvalue weighted by atomic mass is 16.6. The van der Waals surface area contributed by atoms with Crippen molar-refractivity contribution in [1.82, 2.24) is 0 Å². The number of hydrogen-bond acceptors (Lipinski definition) is 3. The molecule has 0 radical (unpaired) electrons. The van der Waals surface area contributed by atoms with Gasteiger partial charge in [-0.15, -0.1) is 0 Å². The van der Waals surface area contributed by atoms with Crippen LogP contribution in [-0.4, -0.2) is 12.6 Å². The number of hydrogen-bond donors (Lipinski definition) is 0. The lowest BCUT2D eigenvalue weighted by Crippen LogP contribution is -2.23. The van der Waals surface area contributed by atoms with Gasteiger partial charge in [-0.25, -0.2) is 0 Å². The Kier molecular flexibility index (Phi) is 1.79. The fourth-order valence-corrected chi connectivity index (χ4v) is 1.58. The standard InChI is InChI=1S/C9H12O3/c1-6-4-5-11-7-2-3-8(10)12-9(6)7/h6H,2-5H2,1H3. The highest BCUT2D eigenvalue weighted by Gasteiger charge is 2.28. The Morgan fingerprint density at radius 2 is 2.25 bits per heavy atom. The molecule has 2 aliphatic heterocycles. The number of esters is 1. The molecule has 66 valence electrons. The van der Waals surface area contributed by atoms with Gasteiger partial charge in [-0.05, 0) is 6.42 Å². The molecule has 2 heterocycles. The minimum atomic E-state index is -0.119. The molecule has 0 spiro atoms. The van der Waals surface area contributed by atoms with Crippen LogP contribution in [0.5, 0.6) is 0 Å². The van der Waals surface area contributed by atoms with Gasteiger partial charge in [-0.1, -0.05) is 6.92 Å². The van der Waals surface area contributed by atoms with Gasteiger partial charge in [-0.2, -0.15) is 0 Å². The van der Waals surface area contributed by atoms with Gasteiger partial charge in [0.2, 0.25) is 0 Å². The van der Waals surface area contributed by atoms with Crippen LogP contribution in [0.25, 0.3) is 0 Å². The molecule has 0 aromatic heterocycles. The first-order valence-electron chi connectivity index (χ1n) is 4.34. The van der Waals surface area contributed by atoms with Crippen molar-refractivity contribution in [1.29, 1.82) is 0 Å². The molecule has 0 N–H and O–H groups in total. The van der Waals surface area contributed by atoms with Gasteiger partial charge in [-0.3, -0.25) is 4.79 Å². The average Bonchev–Trinajstić information content (AvgIpc) is 2.07.